The first-order valence-electron chi connectivity index (χ1n) is 7.16. The molecule has 0 radical (unpaired) electrons. The lowest BCUT2D eigenvalue weighted by Gasteiger charge is -2.28. The summed E-state index contributed by atoms with van der Waals surface area (Å²) in [6, 6.07) is 0.405. The van der Waals surface area contributed by atoms with Gasteiger partial charge in [-0.1, -0.05) is 0 Å². The van der Waals surface area contributed by atoms with Gasteiger partial charge in [0.25, 0.3) is 0 Å². The molecule has 0 aliphatic carbocycles. The lowest BCUT2D eigenvalue weighted by atomic mass is 10.2. The lowest BCUT2D eigenvalue weighted by Crippen LogP contribution is -2.47. The molecule has 19 heavy (non-hydrogen) atoms. The quantitative estimate of drug-likeness (QED) is 0.759. The van der Waals surface area contributed by atoms with Crippen LogP contribution in [0.1, 0.15) is 6.42 Å². The summed E-state index contributed by atoms with van der Waals surface area (Å²) in [5, 5.41) is 3.01. The highest BCUT2D eigenvalue weighted by molar-refractivity contribution is 5.74. The van der Waals surface area contributed by atoms with Crippen molar-refractivity contribution in [3.05, 3.63) is 0 Å². The Kier molecular flexibility index (Phi) is 5.42. The Balaban J connectivity index is 1.63. The first-order chi connectivity index (χ1) is 9.16. The Morgan fingerprint density at radius 2 is 2.11 bits per heavy atom. The van der Waals surface area contributed by atoms with E-state index in [0.29, 0.717) is 12.6 Å². The largest absolute Gasteiger partial charge is 0.379 e. The fourth-order valence-electron chi connectivity index (χ4n) is 2.66. The Morgan fingerprint density at radius 3 is 2.74 bits per heavy atom. The molecule has 6 heteroatoms. The molecule has 1 unspecified atom stereocenters. The van der Waals surface area contributed by atoms with Crippen molar-refractivity contribution in [2.75, 3.05) is 66.6 Å². The molecule has 0 aromatic rings. The number of amides is 2. The molecule has 0 bridgehead atoms. The molecule has 1 atom stereocenters. The second-order valence-corrected chi connectivity index (χ2v) is 5.50. The van der Waals surface area contributed by atoms with Gasteiger partial charge in [-0.2, -0.15) is 0 Å². The topological polar surface area (TPSA) is 48.0 Å². The van der Waals surface area contributed by atoms with Gasteiger partial charge in [-0.15, -0.1) is 0 Å². The maximum absolute atomic E-state index is 12.0. The molecular weight excluding hydrogens is 244 g/mol. The van der Waals surface area contributed by atoms with Gasteiger partial charge in [0.2, 0.25) is 0 Å². The van der Waals surface area contributed by atoms with Crippen molar-refractivity contribution in [2.45, 2.75) is 12.5 Å². The third-order valence-corrected chi connectivity index (χ3v) is 4.04. The van der Waals surface area contributed by atoms with Gasteiger partial charge >= 0.3 is 6.03 Å². The number of hydrogen-bond donors (Lipinski definition) is 1. The van der Waals surface area contributed by atoms with E-state index in [9.17, 15) is 4.79 Å². The fraction of sp³-hybridized carbons (Fsp3) is 0.923. The van der Waals surface area contributed by atoms with Crippen LogP contribution in [0.2, 0.25) is 0 Å². The smallest absolute Gasteiger partial charge is 0.317 e. The Bertz CT molecular complexity index is 294. The summed E-state index contributed by atoms with van der Waals surface area (Å²) in [5.41, 5.74) is 0. The summed E-state index contributed by atoms with van der Waals surface area (Å²) < 4.78 is 5.30. The number of nitrogens with one attached hydrogen (secondary N) is 1. The van der Waals surface area contributed by atoms with Crippen LogP contribution in [0.25, 0.3) is 0 Å². The van der Waals surface area contributed by atoms with E-state index in [0.717, 1.165) is 52.4 Å². The average molecular weight is 270 g/mol. The van der Waals surface area contributed by atoms with Crippen molar-refractivity contribution in [1.29, 1.82) is 0 Å². The number of rotatable bonds is 4. The molecule has 0 saturated carbocycles. The van der Waals surface area contributed by atoms with Gasteiger partial charge in [0.1, 0.15) is 0 Å². The zero-order valence-corrected chi connectivity index (χ0v) is 12.1. The van der Waals surface area contributed by atoms with Crippen molar-refractivity contribution in [3.8, 4) is 0 Å². The molecule has 2 aliphatic heterocycles. The van der Waals surface area contributed by atoms with E-state index in [4.69, 9.17) is 4.74 Å². The van der Waals surface area contributed by atoms with Gasteiger partial charge in [0, 0.05) is 45.8 Å². The van der Waals surface area contributed by atoms with Crippen molar-refractivity contribution in [3.63, 3.8) is 0 Å². The summed E-state index contributed by atoms with van der Waals surface area (Å²) in [4.78, 5) is 18.5. The molecule has 0 spiro atoms. The van der Waals surface area contributed by atoms with E-state index in [2.05, 4.69) is 22.2 Å². The van der Waals surface area contributed by atoms with E-state index < -0.39 is 0 Å². The molecule has 0 aromatic carbocycles. The van der Waals surface area contributed by atoms with E-state index in [-0.39, 0.29) is 6.03 Å². The molecule has 2 fully saturated rings. The number of likely N-dealkylation sites (N-methyl/N-ethyl adjacent to an activating group) is 2. The number of morpholine rings is 1. The molecule has 1 N–H and O–H groups in total. The number of carbonyl (C=O) groups excluding carboxylic acids is 1. The van der Waals surface area contributed by atoms with Gasteiger partial charge in [-0.05, 0) is 20.0 Å². The number of carbonyl (C=O) groups is 1. The maximum Gasteiger partial charge on any atom is 0.317 e. The molecule has 110 valence electrons. The predicted octanol–water partition coefficient (Wildman–Crippen LogP) is -0.336. The first-order valence-corrected chi connectivity index (χ1v) is 7.16. The Morgan fingerprint density at radius 1 is 1.37 bits per heavy atom. The van der Waals surface area contributed by atoms with Gasteiger partial charge in [0.15, 0.2) is 0 Å². The highest BCUT2D eigenvalue weighted by atomic mass is 16.5. The normalized spacial score (nSPS) is 25.5. The van der Waals surface area contributed by atoms with Crippen LogP contribution in [0.15, 0.2) is 0 Å². The van der Waals surface area contributed by atoms with E-state index >= 15 is 0 Å². The van der Waals surface area contributed by atoms with Crippen LogP contribution in [0, 0.1) is 0 Å². The minimum atomic E-state index is 0.0496. The summed E-state index contributed by atoms with van der Waals surface area (Å²) in [6.45, 7) is 7.24. The van der Waals surface area contributed by atoms with Crippen LogP contribution < -0.4 is 5.32 Å². The lowest BCUT2D eigenvalue weighted by molar-refractivity contribution is 0.0385. The summed E-state index contributed by atoms with van der Waals surface area (Å²) in [7, 11) is 4.00. The summed E-state index contributed by atoms with van der Waals surface area (Å²) in [6.07, 6.45) is 1.07. The minimum Gasteiger partial charge on any atom is -0.379 e. The van der Waals surface area contributed by atoms with E-state index in [1.807, 2.05) is 11.9 Å². The molecular formula is C13H26N4O2. The van der Waals surface area contributed by atoms with Gasteiger partial charge in [-0.3, -0.25) is 4.90 Å². The summed E-state index contributed by atoms with van der Waals surface area (Å²) >= 11 is 0. The SMILES string of the molecule is CN1CCC(N(C)C(=O)NCCN2CCOCC2)C1. The minimum absolute atomic E-state index is 0.0496. The Labute approximate surface area is 115 Å². The second-order valence-electron chi connectivity index (χ2n) is 5.50. The standard InChI is InChI=1S/C13H26N4O2/c1-15-5-3-12(11-15)16(2)13(18)14-4-6-17-7-9-19-10-8-17/h12H,3-11H2,1-2H3,(H,14,18). The monoisotopic (exact) mass is 270 g/mol. The Hall–Kier alpha value is -0.850. The second kappa shape index (κ2) is 7.07. The van der Waals surface area contributed by atoms with Crippen molar-refractivity contribution in [1.82, 2.24) is 20.0 Å². The maximum atomic E-state index is 12.0. The van der Waals surface area contributed by atoms with Crippen LogP contribution in [-0.4, -0.2) is 93.4 Å². The zero-order valence-electron chi connectivity index (χ0n) is 12.1. The first kappa shape index (κ1) is 14.6. The number of urea groups is 1. The molecule has 6 nitrogen and oxygen atoms in total. The van der Waals surface area contributed by atoms with Crippen molar-refractivity contribution >= 4 is 6.03 Å². The van der Waals surface area contributed by atoms with E-state index in [1.54, 1.807) is 0 Å². The third kappa shape index (κ3) is 4.33. The van der Waals surface area contributed by atoms with Crippen LogP contribution >= 0.6 is 0 Å². The number of likely N-dealkylation sites (tertiary alicyclic amines) is 1. The summed E-state index contributed by atoms with van der Waals surface area (Å²) in [5.74, 6) is 0. The molecule has 2 aliphatic rings. The van der Waals surface area contributed by atoms with Crippen molar-refractivity contribution in [2.24, 2.45) is 0 Å². The predicted molar refractivity (Wildman–Crippen MR) is 74.3 cm³/mol. The van der Waals surface area contributed by atoms with Crippen molar-refractivity contribution < 1.29 is 9.53 Å². The third-order valence-electron chi connectivity index (χ3n) is 4.04. The molecule has 0 aromatic heterocycles. The van der Waals surface area contributed by atoms with Gasteiger partial charge in [0.05, 0.1) is 13.2 Å². The average Bonchev–Trinajstić information content (AvgIpc) is 2.85. The number of hydrogen-bond acceptors (Lipinski definition) is 4. The molecule has 2 rings (SSSR count). The van der Waals surface area contributed by atoms with Gasteiger partial charge in [-0.25, -0.2) is 4.79 Å². The zero-order chi connectivity index (χ0) is 13.7. The van der Waals surface area contributed by atoms with Crippen LogP contribution in [0.5, 0.6) is 0 Å². The van der Waals surface area contributed by atoms with Crippen LogP contribution in [-0.2, 0) is 4.74 Å². The highest BCUT2D eigenvalue weighted by Gasteiger charge is 2.26. The number of ether oxygens (including phenoxy) is 1. The molecule has 2 heterocycles. The van der Waals surface area contributed by atoms with Gasteiger partial charge < -0.3 is 19.9 Å². The fourth-order valence-corrected chi connectivity index (χ4v) is 2.66. The molecule has 2 amide bonds. The molecule has 2 saturated heterocycles. The van der Waals surface area contributed by atoms with Crippen LogP contribution in [0.3, 0.4) is 0 Å². The van der Waals surface area contributed by atoms with Crippen LogP contribution in [0.4, 0.5) is 4.79 Å². The number of nitrogens with zero attached hydrogens (tertiary/aromatic N) is 3. The highest BCUT2D eigenvalue weighted by Crippen LogP contribution is 2.12. The van der Waals surface area contributed by atoms with E-state index in [1.165, 1.54) is 0 Å².